The van der Waals surface area contributed by atoms with Crippen LogP contribution in [0.1, 0.15) is 32.1 Å². The van der Waals surface area contributed by atoms with E-state index in [2.05, 4.69) is 29.2 Å². The van der Waals surface area contributed by atoms with Gasteiger partial charge in [-0.05, 0) is 25.0 Å². The lowest BCUT2D eigenvalue weighted by molar-refractivity contribution is 0.143. The molecule has 19 heavy (non-hydrogen) atoms. The van der Waals surface area contributed by atoms with Crippen LogP contribution in [0.4, 0.5) is 0 Å². The number of hydrogen-bond acceptors (Lipinski definition) is 3. The zero-order valence-electron chi connectivity index (χ0n) is 11.4. The summed E-state index contributed by atoms with van der Waals surface area (Å²) in [7, 11) is 0. The molecule has 1 aromatic carbocycles. The van der Waals surface area contributed by atoms with Crippen molar-refractivity contribution >= 4 is 11.8 Å². The second-order valence-electron chi connectivity index (χ2n) is 5.78. The molecular formula is C16H23NOS. The lowest BCUT2D eigenvalue weighted by Crippen LogP contribution is -2.35. The van der Waals surface area contributed by atoms with Gasteiger partial charge in [-0.1, -0.05) is 37.5 Å². The molecule has 3 heteroatoms. The van der Waals surface area contributed by atoms with Crippen LogP contribution in [0.5, 0.6) is 0 Å². The molecule has 1 aliphatic carbocycles. The number of likely N-dealkylation sites (tertiary alicyclic amines) is 1. The van der Waals surface area contributed by atoms with Gasteiger partial charge in [0.15, 0.2) is 0 Å². The third-order valence-electron chi connectivity index (χ3n) is 4.39. The molecule has 0 aromatic heterocycles. The van der Waals surface area contributed by atoms with Crippen molar-refractivity contribution in [1.29, 1.82) is 0 Å². The van der Waals surface area contributed by atoms with E-state index in [0.29, 0.717) is 5.25 Å². The predicted octanol–water partition coefficient (Wildman–Crippen LogP) is 3.16. The molecule has 1 aliphatic heterocycles. The second kappa shape index (κ2) is 6.29. The standard InChI is InChI=1S/C16H23NOS/c18-15-11-17(13-7-3-1-4-8-13)12-16(15)19-14-9-5-2-6-10-14/h2,5-6,9-10,13,15-16,18H,1,3-4,7-8,11-12H2/t15-,16-/m0/s1. The second-order valence-corrected chi connectivity index (χ2v) is 7.10. The molecule has 104 valence electrons. The monoisotopic (exact) mass is 277 g/mol. The Morgan fingerprint density at radius 3 is 2.47 bits per heavy atom. The third-order valence-corrected chi connectivity index (χ3v) is 5.70. The van der Waals surface area contributed by atoms with E-state index in [1.54, 1.807) is 0 Å². The van der Waals surface area contributed by atoms with Gasteiger partial charge in [-0.2, -0.15) is 0 Å². The van der Waals surface area contributed by atoms with Crippen LogP contribution >= 0.6 is 11.8 Å². The molecule has 1 saturated heterocycles. The van der Waals surface area contributed by atoms with Crippen molar-refractivity contribution in [3.05, 3.63) is 30.3 Å². The minimum absolute atomic E-state index is 0.174. The average molecular weight is 277 g/mol. The minimum Gasteiger partial charge on any atom is -0.391 e. The Labute approximate surface area is 120 Å². The lowest BCUT2D eigenvalue weighted by atomic mass is 9.94. The summed E-state index contributed by atoms with van der Waals surface area (Å²) in [5.74, 6) is 0. The molecule has 2 fully saturated rings. The quantitative estimate of drug-likeness (QED) is 0.918. The zero-order valence-corrected chi connectivity index (χ0v) is 12.2. The van der Waals surface area contributed by atoms with E-state index >= 15 is 0 Å². The molecular weight excluding hydrogens is 254 g/mol. The highest BCUT2D eigenvalue weighted by Crippen LogP contribution is 2.33. The molecule has 0 spiro atoms. The van der Waals surface area contributed by atoms with Crippen molar-refractivity contribution in [3.8, 4) is 0 Å². The van der Waals surface area contributed by atoms with E-state index in [0.717, 1.165) is 19.1 Å². The Kier molecular flexibility index (Phi) is 4.46. The SMILES string of the molecule is O[C@H]1CN(C2CCCCC2)C[C@@H]1Sc1ccccc1. The average Bonchev–Trinajstić information content (AvgIpc) is 2.82. The maximum atomic E-state index is 10.3. The van der Waals surface area contributed by atoms with Crippen LogP contribution < -0.4 is 0 Å². The number of thioether (sulfide) groups is 1. The first-order chi connectivity index (χ1) is 9.33. The first-order valence-corrected chi connectivity index (χ1v) is 8.35. The highest BCUT2D eigenvalue weighted by Gasteiger charge is 2.35. The fraction of sp³-hybridized carbons (Fsp3) is 0.625. The van der Waals surface area contributed by atoms with E-state index < -0.39 is 0 Å². The number of hydrogen-bond donors (Lipinski definition) is 1. The van der Waals surface area contributed by atoms with E-state index in [1.165, 1.54) is 37.0 Å². The normalized spacial score (nSPS) is 29.7. The Bertz CT molecular complexity index is 391. The van der Waals surface area contributed by atoms with Gasteiger partial charge in [0.2, 0.25) is 0 Å². The number of β-amino-alcohol motifs (C(OH)–C–C–N with tert-alkyl or cyclic N) is 1. The first kappa shape index (κ1) is 13.5. The summed E-state index contributed by atoms with van der Waals surface area (Å²) in [5, 5.41) is 10.6. The number of aliphatic hydroxyl groups is 1. The van der Waals surface area contributed by atoms with Crippen LogP contribution in [0, 0.1) is 0 Å². The Morgan fingerprint density at radius 1 is 1.00 bits per heavy atom. The topological polar surface area (TPSA) is 23.5 Å². The van der Waals surface area contributed by atoms with E-state index in [4.69, 9.17) is 0 Å². The summed E-state index contributed by atoms with van der Waals surface area (Å²) in [6, 6.07) is 11.2. The van der Waals surface area contributed by atoms with Crippen molar-refractivity contribution in [2.45, 2.75) is 54.4 Å². The van der Waals surface area contributed by atoms with Crippen LogP contribution in [0.3, 0.4) is 0 Å². The largest absolute Gasteiger partial charge is 0.391 e. The van der Waals surface area contributed by atoms with Crippen molar-refractivity contribution < 1.29 is 5.11 Å². The highest BCUT2D eigenvalue weighted by molar-refractivity contribution is 8.00. The maximum Gasteiger partial charge on any atom is 0.0801 e. The molecule has 1 saturated carbocycles. The van der Waals surface area contributed by atoms with Gasteiger partial charge in [-0.3, -0.25) is 4.90 Å². The van der Waals surface area contributed by atoms with Gasteiger partial charge in [-0.15, -0.1) is 11.8 Å². The van der Waals surface area contributed by atoms with Crippen molar-refractivity contribution in [1.82, 2.24) is 4.90 Å². The first-order valence-electron chi connectivity index (χ1n) is 7.47. The summed E-state index contributed by atoms with van der Waals surface area (Å²) < 4.78 is 0. The number of benzene rings is 1. The van der Waals surface area contributed by atoms with Crippen molar-refractivity contribution in [3.63, 3.8) is 0 Å². The fourth-order valence-corrected chi connectivity index (χ4v) is 4.49. The third kappa shape index (κ3) is 3.33. The van der Waals surface area contributed by atoms with Gasteiger partial charge < -0.3 is 5.11 Å². The van der Waals surface area contributed by atoms with E-state index in [-0.39, 0.29) is 6.10 Å². The molecule has 2 nitrogen and oxygen atoms in total. The summed E-state index contributed by atoms with van der Waals surface area (Å²) >= 11 is 1.84. The summed E-state index contributed by atoms with van der Waals surface area (Å²) in [4.78, 5) is 3.81. The molecule has 1 N–H and O–H groups in total. The van der Waals surface area contributed by atoms with Gasteiger partial charge >= 0.3 is 0 Å². The van der Waals surface area contributed by atoms with Gasteiger partial charge in [0, 0.05) is 29.3 Å². The lowest BCUT2D eigenvalue weighted by Gasteiger charge is -2.30. The van der Waals surface area contributed by atoms with E-state index in [1.807, 2.05) is 17.8 Å². The zero-order chi connectivity index (χ0) is 13.1. The van der Waals surface area contributed by atoms with Crippen LogP contribution in [0.25, 0.3) is 0 Å². The van der Waals surface area contributed by atoms with Gasteiger partial charge in [-0.25, -0.2) is 0 Å². The van der Waals surface area contributed by atoms with E-state index in [9.17, 15) is 5.11 Å². The maximum absolute atomic E-state index is 10.3. The van der Waals surface area contributed by atoms with Crippen LogP contribution in [-0.4, -0.2) is 40.5 Å². The smallest absolute Gasteiger partial charge is 0.0801 e. The minimum atomic E-state index is -0.174. The molecule has 2 atom stereocenters. The molecule has 0 amide bonds. The molecule has 2 aliphatic rings. The van der Waals surface area contributed by atoms with Crippen LogP contribution in [0.15, 0.2) is 35.2 Å². The number of rotatable bonds is 3. The molecule has 3 rings (SSSR count). The Balaban J connectivity index is 1.58. The molecule has 0 bridgehead atoms. The predicted molar refractivity (Wildman–Crippen MR) is 80.5 cm³/mol. The van der Waals surface area contributed by atoms with Crippen LogP contribution in [-0.2, 0) is 0 Å². The Hall–Kier alpha value is -0.510. The van der Waals surface area contributed by atoms with Gasteiger partial charge in [0.1, 0.15) is 0 Å². The van der Waals surface area contributed by atoms with Crippen molar-refractivity contribution in [2.75, 3.05) is 13.1 Å². The highest BCUT2D eigenvalue weighted by atomic mass is 32.2. The van der Waals surface area contributed by atoms with Crippen LogP contribution in [0.2, 0.25) is 0 Å². The van der Waals surface area contributed by atoms with Gasteiger partial charge in [0.25, 0.3) is 0 Å². The fourth-order valence-electron chi connectivity index (χ4n) is 3.32. The molecule has 0 unspecified atom stereocenters. The summed E-state index contributed by atoms with van der Waals surface area (Å²) in [6.45, 7) is 1.92. The Morgan fingerprint density at radius 2 is 1.74 bits per heavy atom. The number of nitrogens with zero attached hydrogens (tertiary/aromatic N) is 1. The van der Waals surface area contributed by atoms with Gasteiger partial charge in [0.05, 0.1) is 6.10 Å². The molecule has 0 radical (unpaired) electrons. The summed E-state index contributed by atoms with van der Waals surface area (Å²) in [5.41, 5.74) is 0. The van der Waals surface area contributed by atoms with Crippen molar-refractivity contribution in [2.24, 2.45) is 0 Å². The summed E-state index contributed by atoms with van der Waals surface area (Å²) in [6.07, 6.45) is 6.62. The molecule has 1 heterocycles. The molecule has 1 aromatic rings. The number of aliphatic hydroxyl groups excluding tert-OH is 1.